The monoisotopic (exact) mass is 517 g/mol. The Morgan fingerprint density at radius 2 is 1.86 bits per heavy atom. The van der Waals surface area contributed by atoms with Crippen molar-refractivity contribution in [3.8, 4) is 5.75 Å². The van der Waals surface area contributed by atoms with Gasteiger partial charge in [0.25, 0.3) is 0 Å². The van der Waals surface area contributed by atoms with Crippen LogP contribution in [0.3, 0.4) is 0 Å². The first-order valence-corrected chi connectivity index (χ1v) is 8.78. The number of alkyl halides is 3. The third kappa shape index (κ3) is 11.9. The number of aliphatic imine (C=N–C) groups is 1. The molecule has 160 valence electrons. The van der Waals surface area contributed by atoms with E-state index in [-0.39, 0.29) is 42.2 Å². The van der Waals surface area contributed by atoms with Crippen LogP contribution in [0.1, 0.15) is 38.2 Å². The average molecular weight is 517 g/mol. The number of methoxy groups -OCH3 is 1. The van der Waals surface area contributed by atoms with Crippen molar-refractivity contribution in [2.24, 2.45) is 4.99 Å². The van der Waals surface area contributed by atoms with Gasteiger partial charge < -0.3 is 20.1 Å². The third-order valence-electron chi connectivity index (χ3n) is 3.53. The van der Waals surface area contributed by atoms with Gasteiger partial charge in [-0.05, 0) is 25.8 Å². The highest BCUT2D eigenvalue weighted by atomic mass is 127. The van der Waals surface area contributed by atoms with E-state index in [1.807, 2.05) is 6.92 Å². The van der Waals surface area contributed by atoms with Crippen LogP contribution in [0.2, 0.25) is 0 Å². The van der Waals surface area contributed by atoms with Crippen LogP contribution < -0.4 is 15.4 Å². The summed E-state index contributed by atoms with van der Waals surface area (Å²) in [6, 6.07) is 5.92. The molecule has 0 saturated heterocycles. The number of ether oxygens (including phenoxy) is 2. The molecule has 0 aliphatic carbocycles. The van der Waals surface area contributed by atoms with Gasteiger partial charge in [-0.15, -0.1) is 37.1 Å². The molecule has 1 aromatic carbocycles. The van der Waals surface area contributed by atoms with Crippen LogP contribution >= 0.6 is 24.0 Å². The van der Waals surface area contributed by atoms with Gasteiger partial charge in [0.15, 0.2) is 5.96 Å². The molecule has 1 aromatic rings. The Morgan fingerprint density at radius 1 is 1.14 bits per heavy atom. The molecule has 0 aromatic heterocycles. The van der Waals surface area contributed by atoms with Crippen molar-refractivity contribution in [3.63, 3.8) is 0 Å². The Labute approximate surface area is 180 Å². The lowest BCUT2D eigenvalue weighted by Crippen LogP contribution is -2.37. The summed E-state index contributed by atoms with van der Waals surface area (Å²) in [5.74, 6) is 0.0253. The Hall–Kier alpha value is -1.72. The van der Waals surface area contributed by atoms with E-state index in [1.165, 1.54) is 19.2 Å². The zero-order valence-corrected chi connectivity index (χ0v) is 18.3. The number of hydrogen-bond acceptors (Lipinski definition) is 4. The first-order chi connectivity index (χ1) is 12.9. The molecule has 0 bridgehead atoms. The number of guanidine groups is 1. The maximum Gasteiger partial charge on any atom is 0.573 e. The molecule has 28 heavy (non-hydrogen) atoms. The minimum absolute atomic E-state index is 0. The SMILES string of the molecule is CCNC(=NCc1ccccc1OC(F)(F)F)NCCCCCC(=O)OC.I. The van der Waals surface area contributed by atoms with Gasteiger partial charge in [0.2, 0.25) is 0 Å². The van der Waals surface area contributed by atoms with Gasteiger partial charge in [0, 0.05) is 25.1 Å². The zero-order chi connectivity index (χ0) is 20.1. The molecule has 0 unspecified atom stereocenters. The lowest BCUT2D eigenvalue weighted by atomic mass is 10.2. The molecular weight excluding hydrogens is 490 g/mol. The maximum atomic E-state index is 12.5. The number of hydrogen-bond donors (Lipinski definition) is 2. The number of carbonyl (C=O) groups excluding carboxylic acids is 1. The summed E-state index contributed by atoms with van der Waals surface area (Å²) in [6.45, 7) is 3.20. The maximum absolute atomic E-state index is 12.5. The molecule has 6 nitrogen and oxygen atoms in total. The minimum atomic E-state index is -4.74. The highest BCUT2D eigenvalue weighted by Crippen LogP contribution is 2.26. The standard InChI is InChI=1S/C18H26F3N3O3.HI/c1-3-22-17(23-12-8-4-5-11-16(25)26-2)24-13-14-9-6-7-10-15(14)27-18(19,20)21;/h6-7,9-10H,3-5,8,11-13H2,1-2H3,(H2,22,23,24);1H. The number of nitrogens with zero attached hydrogens (tertiary/aromatic N) is 1. The molecule has 2 N–H and O–H groups in total. The topological polar surface area (TPSA) is 72.0 Å². The molecule has 0 atom stereocenters. The van der Waals surface area contributed by atoms with Gasteiger partial charge in [-0.25, -0.2) is 4.99 Å². The lowest BCUT2D eigenvalue weighted by molar-refractivity contribution is -0.274. The first-order valence-electron chi connectivity index (χ1n) is 8.78. The van der Waals surface area contributed by atoms with Gasteiger partial charge in [-0.1, -0.05) is 24.6 Å². The summed E-state index contributed by atoms with van der Waals surface area (Å²) in [7, 11) is 1.36. The largest absolute Gasteiger partial charge is 0.573 e. The van der Waals surface area contributed by atoms with Crippen LogP contribution in [0.5, 0.6) is 5.75 Å². The number of rotatable bonds is 10. The van der Waals surface area contributed by atoms with Crippen molar-refractivity contribution in [2.45, 2.75) is 45.5 Å². The number of nitrogens with one attached hydrogen (secondary N) is 2. The van der Waals surface area contributed by atoms with Crippen molar-refractivity contribution < 1.29 is 27.4 Å². The number of carbonyl (C=O) groups is 1. The molecule has 0 aliphatic heterocycles. The van der Waals surface area contributed by atoms with E-state index in [0.29, 0.717) is 31.0 Å². The first kappa shape index (κ1) is 26.3. The summed E-state index contributed by atoms with van der Waals surface area (Å²) in [6.07, 6.45) is -1.93. The van der Waals surface area contributed by atoms with Crippen LogP contribution in [0, 0.1) is 0 Å². The van der Waals surface area contributed by atoms with Crippen LogP contribution in [0.25, 0.3) is 0 Å². The fourth-order valence-corrected chi connectivity index (χ4v) is 2.24. The highest BCUT2D eigenvalue weighted by Gasteiger charge is 2.31. The van der Waals surface area contributed by atoms with E-state index in [0.717, 1.165) is 19.3 Å². The predicted molar refractivity (Wildman–Crippen MR) is 112 cm³/mol. The molecule has 0 spiro atoms. The summed E-state index contributed by atoms with van der Waals surface area (Å²) in [4.78, 5) is 15.3. The number of para-hydroxylation sites is 1. The Morgan fingerprint density at radius 3 is 2.50 bits per heavy atom. The molecule has 0 fully saturated rings. The molecular formula is C18H27F3IN3O3. The molecule has 0 saturated carbocycles. The van der Waals surface area contributed by atoms with Gasteiger partial charge in [-0.3, -0.25) is 4.79 Å². The van der Waals surface area contributed by atoms with E-state index in [4.69, 9.17) is 0 Å². The van der Waals surface area contributed by atoms with Crippen LogP contribution in [-0.2, 0) is 16.1 Å². The number of halogens is 4. The second-order valence-electron chi connectivity index (χ2n) is 5.66. The predicted octanol–water partition coefficient (Wildman–Crippen LogP) is 3.99. The normalized spacial score (nSPS) is 11.4. The van der Waals surface area contributed by atoms with Crippen molar-refractivity contribution in [1.82, 2.24) is 10.6 Å². The Kier molecular flexibility index (Phi) is 13.4. The summed E-state index contributed by atoms with van der Waals surface area (Å²) in [5, 5.41) is 6.16. The molecule has 0 aliphatic rings. The molecule has 0 heterocycles. The van der Waals surface area contributed by atoms with Crippen molar-refractivity contribution in [2.75, 3.05) is 20.2 Å². The van der Waals surface area contributed by atoms with E-state index in [2.05, 4.69) is 25.1 Å². The second kappa shape index (κ2) is 14.3. The lowest BCUT2D eigenvalue weighted by Gasteiger charge is -2.14. The molecule has 0 amide bonds. The zero-order valence-electron chi connectivity index (χ0n) is 16.0. The van der Waals surface area contributed by atoms with Gasteiger partial charge >= 0.3 is 12.3 Å². The summed E-state index contributed by atoms with van der Waals surface area (Å²) >= 11 is 0. The Bertz CT molecular complexity index is 613. The molecule has 0 radical (unpaired) electrons. The van der Waals surface area contributed by atoms with Crippen LogP contribution in [-0.4, -0.2) is 38.5 Å². The average Bonchev–Trinajstić information content (AvgIpc) is 2.61. The van der Waals surface area contributed by atoms with Crippen LogP contribution in [0.4, 0.5) is 13.2 Å². The van der Waals surface area contributed by atoms with Gasteiger partial charge in [0.1, 0.15) is 5.75 Å². The van der Waals surface area contributed by atoms with Gasteiger partial charge in [-0.2, -0.15) is 0 Å². The third-order valence-corrected chi connectivity index (χ3v) is 3.53. The number of esters is 1. The van der Waals surface area contributed by atoms with Crippen molar-refractivity contribution in [1.29, 1.82) is 0 Å². The Balaban J connectivity index is 0.00000729. The minimum Gasteiger partial charge on any atom is -0.469 e. The van der Waals surface area contributed by atoms with Crippen molar-refractivity contribution >= 4 is 35.9 Å². The van der Waals surface area contributed by atoms with Crippen molar-refractivity contribution in [3.05, 3.63) is 29.8 Å². The molecule has 1 rings (SSSR count). The number of unbranched alkanes of at least 4 members (excludes halogenated alkanes) is 2. The second-order valence-corrected chi connectivity index (χ2v) is 5.66. The smallest absolute Gasteiger partial charge is 0.469 e. The van der Waals surface area contributed by atoms with E-state index in [1.54, 1.807) is 12.1 Å². The number of benzene rings is 1. The van der Waals surface area contributed by atoms with E-state index >= 15 is 0 Å². The van der Waals surface area contributed by atoms with Gasteiger partial charge in [0.05, 0.1) is 13.7 Å². The highest BCUT2D eigenvalue weighted by molar-refractivity contribution is 14.0. The quantitative estimate of drug-likeness (QED) is 0.162. The summed E-state index contributed by atoms with van der Waals surface area (Å²) < 4.78 is 46.0. The van der Waals surface area contributed by atoms with E-state index < -0.39 is 6.36 Å². The molecule has 10 heteroatoms. The summed E-state index contributed by atoms with van der Waals surface area (Å²) in [5.41, 5.74) is 0.338. The fourth-order valence-electron chi connectivity index (χ4n) is 2.24. The van der Waals surface area contributed by atoms with Crippen LogP contribution in [0.15, 0.2) is 29.3 Å². The fraction of sp³-hybridized carbons (Fsp3) is 0.556. The van der Waals surface area contributed by atoms with E-state index in [9.17, 15) is 18.0 Å².